The third-order valence-electron chi connectivity index (χ3n) is 8.27. The van der Waals surface area contributed by atoms with E-state index in [4.69, 9.17) is 0 Å². The van der Waals surface area contributed by atoms with Crippen LogP contribution in [0, 0.1) is 0 Å². The summed E-state index contributed by atoms with van der Waals surface area (Å²) in [5.41, 5.74) is 10.9. The smallest absolute Gasteiger partial charge is 0.0547 e. The molecule has 8 aromatic rings. The lowest BCUT2D eigenvalue weighted by atomic mass is 9.89. The Morgan fingerprint density at radius 2 is 1.02 bits per heavy atom. The molecular formula is C40H26BrN. The molecule has 0 fully saturated rings. The number of rotatable bonds is 4. The molecule has 2 heteroatoms. The van der Waals surface area contributed by atoms with Gasteiger partial charge in [0.25, 0.3) is 0 Å². The summed E-state index contributed by atoms with van der Waals surface area (Å²) in [7, 11) is 0. The van der Waals surface area contributed by atoms with E-state index in [0.717, 1.165) is 4.47 Å². The van der Waals surface area contributed by atoms with Crippen LogP contribution in [0.4, 0.5) is 0 Å². The van der Waals surface area contributed by atoms with Crippen molar-refractivity contribution in [3.63, 3.8) is 0 Å². The Hall–Kier alpha value is -4.92. The van der Waals surface area contributed by atoms with Crippen molar-refractivity contribution in [3.05, 3.63) is 162 Å². The average Bonchev–Trinajstić information content (AvgIpc) is 3.39. The van der Waals surface area contributed by atoms with E-state index in [2.05, 4.69) is 178 Å². The van der Waals surface area contributed by atoms with Gasteiger partial charge in [-0.15, -0.1) is 0 Å². The first-order chi connectivity index (χ1) is 20.7. The predicted octanol–water partition coefficient (Wildman–Crippen LogP) is 11.7. The molecule has 1 nitrogen and oxygen atoms in total. The predicted molar refractivity (Wildman–Crippen MR) is 182 cm³/mol. The Bertz CT molecular complexity index is 2240. The maximum atomic E-state index is 3.62. The Morgan fingerprint density at radius 1 is 0.381 bits per heavy atom. The summed E-state index contributed by atoms with van der Waals surface area (Å²) in [6, 6.07) is 57.1. The molecule has 8 rings (SSSR count). The number of halogens is 1. The highest BCUT2D eigenvalue weighted by Crippen LogP contribution is 2.40. The summed E-state index contributed by atoms with van der Waals surface area (Å²) in [4.78, 5) is 0. The van der Waals surface area contributed by atoms with Gasteiger partial charge < -0.3 is 4.57 Å². The monoisotopic (exact) mass is 599 g/mol. The van der Waals surface area contributed by atoms with Crippen molar-refractivity contribution in [2.45, 2.75) is 0 Å². The zero-order valence-corrected chi connectivity index (χ0v) is 24.4. The van der Waals surface area contributed by atoms with Gasteiger partial charge in [0.2, 0.25) is 0 Å². The van der Waals surface area contributed by atoms with Crippen LogP contribution in [-0.2, 0) is 0 Å². The molecule has 0 saturated carbocycles. The van der Waals surface area contributed by atoms with Crippen LogP contribution >= 0.6 is 15.9 Å². The second kappa shape index (κ2) is 10.2. The largest absolute Gasteiger partial charge is 0.309 e. The molecule has 0 aliphatic heterocycles. The van der Waals surface area contributed by atoms with Crippen LogP contribution < -0.4 is 0 Å². The number of hydrogen-bond donors (Lipinski definition) is 0. The first-order valence-electron chi connectivity index (χ1n) is 14.2. The van der Waals surface area contributed by atoms with Crippen LogP contribution in [0.15, 0.2) is 162 Å². The first kappa shape index (κ1) is 24.8. The fourth-order valence-electron chi connectivity index (χ4n) is 6.30. The van der Waals surface area contributed by atoms with Gasteiger partial charge in [0, 0.05) is 20.9 Å². The molecule has 0 N–H and O–H groups in total. The van der Waals surface area contributed by atoms with Gasteiger partial charge in [0.15, 0.2) is 0 Å². The van der Waals surface area contributed by atoms with E-state index in [1.807, 2.05) is 0 Å². The van der Waals surface area contributed by atoms with Crippen molar-refractivity contribution >= 4 is 48.5 Å². The van der Waals surface area contributed by atoms with E-state index in [0.29, 0.717) is 0 Å². The minimum absolute atomic E-state index is 1.08. The highest BCUT2D eigenvalue weighted by atomic mass is 79.9. The third kappa shape index (κ3) is 4.15. The van der Waals surface area contributed by atoms with Crippen LogP contribution in [0.5, 0.6) is 0 Å². The summed E-state index contributed by atoms with van der Waals surface area (Å²) < 4.78 is 3.47. The lowest BCUT2D eigenvalue weighted by Gasteiger charge is -2.15. The number of hydrogen-bond acceptors (Lipinski definition) is 0. The fourth-order valence-corrected chi connectivity index (χ4v) is 6.57. The van der Waals surface area contributed by atoms with Gasteiger partial charge in [-0.1, -0.05) is 131 Å². The Labute approximate surface area is 253 Å². The third-order valence-corrected chi connectivity index (χ3v) is 8.80. The summed E-state index contributed by atoms with van der Waals surface area (Å²) >= 11 is 3.62. The van der Waals surface area contributed by atoms with Crippen LogP contribution in [0.25, 0.3) is 71.6 Å². The zero-order valence-electron chi connectivity index (χ0n) is 22.8. The summed E-state index contributed by atoms with van der Waals surface area (Å²) in [5.74, 6) is 0. The summed E-state index contributed by atoms with van der Waals surface area (Å²) in [6.07, 6.45) is 0. The second-order valence-electron chi connectivity index (χ2n) is 10.7. The Morgan fingerprint density at radius 3 is 1.88 bits per heavy atom. The molecule has 0 aliphatic rings. The second-order valence-corrected chi connectivity index (χ2v) is 11.6. The maximum absolute atomic E-state index is 3.62. The molecule has 0 bridgehead atoms. The molecule has 1 heterocycles. The number of aromatic nitrogens is 1. The Kier molecular flexibility index (Phi) is 6.01. The van der Waals surface area contributed by atoms with Gasteiger partial charge in [-0.3, -0.25) is 0 Å². The number of para-hydroxylation sites is 2. The number of nitrogens with zero attached hydrogens (tertiary/aromatic N) is 1. The van der Waals surface area contributed by atoms with Gasteiger partial charge in [-0.2, -0.15) is 0 Å². The zero-order chi connectivity index (χ0) is 28.0. The van der Waals surface area contributed by atoms with E-state index in [1.165, 1.54) is 71.6 Å². The van der Waals surface area contributed by atoms with Gasteiger partial charge in [-0.25, -0.2) is 0 Å². The topological polar surface area (TPSA) is 4.93 Å². The van der Waals surface area contributed by atoms with E-state index in [1.54, 1.807) is 0 Å². The van der Waals surface area contributed by atoms with Crippen molar-refractivity contribution in [3.8, 4) is 39.1 Å². The molecule has 0 saturated heterocycles. The van der Waals surface area contributed by atoms with E-state index < -0.39 is 0 Å². The van der Waals surface area contributed by atoms with Gasteiger partial charge in [-0.05, 0) is 86.6 Å². The highest BCUT2D eigenvalue weighted by molar-refractivity contribution is 9.10. The van der Waals surface area contributed by atoms with E-state index in [9.17, 15) is 0 Å². The van der Waals surface area contributed by atoms with Crippen LogP contribution in [0.2, 0.25) is 0 Å². The van der Waals surface area contributed by atoms with Crippen LogP contribution in [-0.4, -0.2) is 4.57 Å². The molecule has 0 atom stereocenters. The average molecular weight is 601 g/mol. The summed E-state index contributed by atoms with van der Waals surface area (Å²) in [5, 5.41) is 5.04. The molecule has 0 amide bonds. The van der Waals surface area contributed by atoms with Gasteiger partial charge in [0.05, 0.1) is 11.0 Å². The number of fused-ring (bicyclic) bond motifs is 4. The summed E-state index contributed by atoms with van der Waals surface area (Å²) in [6.45, 7) is 0. The van der Waals surface area contributed by atoms with Crippen LogP contribution in [0.3, 0.4) is 0 Å². The Balaban J connectivity index is 1.41. The highest BCUT2D eigenvalue weighted by Gasteiger charge is 2.16. The molecule has 0 spiro atoms. The SMILES string of the molecule is Brc1ccc(-c2ccc(-c3cccc4ccccc34)cc2-c2ccc3c4ccccc4n(-c4ccccc4)c3c2)cc1. The van der Waals surface area contributed by atoms with Crippen LogP contribution in [0.1, 0.15) is 0 Å². The molecule has 42 heavy (non-hydrogen) atoms. The van der Waals surface area contributed by atoms with Crippen molar-refractivity contribution in [1.82, 2.24) is 4.57 Å². The minimum Gasteiger partial charge on any atom is -0.309 e. The van der Waals surface area contributed by atoms with Crippen molar-refractivity contribution in [1.29, 1.82) is 0 Å². The standard InChI is InChI=1S/C40H26BrN/c41-31-21-17-28(18-22-31)35-23-19-29(34-15-8-10-27-9-4-5-13-33(27)34)25-38(35)30-20-24-37-36-14-6-7-16-39(36)42(40(37)26-30)32-11-2-1-3-12-32/h1-26H. The van der Waals surface area contributed by atoms with Crippen molar-refractivity contribution in [2.75, 3.05) is 0 Å². The molecular weight excluding hydrogens is 574 g/mol. The van der Waals surface area contributed by atoms with Crippen molar-refractivity contribution < 1.29 is 0 Å². The molecule has 0 unspecified atom stereocenters. The minimum atomic E-state index is 1.08. The molecule has 1 aromatic heterocycles. The maximum Gasteiger partial charge on any atom is 0.0547 e. The van der Waals surface area contributed by atoms with E-state index in [-0.39, 0.29) is 0 Å². The van der Waals surface area contributed by atoms with E-state index >= 15 is 0 Å². The first-order valence-corrected chi connectivity index (χ1v) is 15.0. The van der Waals surface area contributed by atoms with Gasteiger partial charge >= 0.3 is 0 Å². The number of benzene rings is 7. The lowest BCUT2D eigenvalue weighted by Crippen LogP contribution is -1.94. The molecule has 0 aliphatic carbocycles. The quantitative estimate of drug-likeness (QED) is 0.189. The molecule has 0 radical (unpaired) electrons. The fraction of sp³-hybridized carbons (Fsp3) is 0. The van der Waals surface area contributed by atoms with Gasteiger partial charge in [0.1, 0.15) is 0 Å². The molecule has 198 valence electrons. The van der Waals surface area contributed by atoms with Crippen molar-refractivity contribution in [2.24, 2.45) is 0 Å². The molecule has 7 aromatic carbocycles. The lowest BCUT2D eigenvalue weighted by molar-refractivity contribution is 1.18. The normalized spacial score (nSPS) is 11.5.